The number of hydrogen-bond acceptors (Lipinski definition) is 4. The molecular weight excluding hydrogens is 490 g/mol. The molecule has 5 rings (SSSR count). The van der Waals surface area contributed by atoms with Crippen LogP contribution in [0.1, 0.15) is 106 Å². The van der Waals surface area contributed by atoms with Crippen LogP contribution in [0.5, 0.6) is 0 Å². The lowest BCUT2D eigenvalue weighted by atomic mass is 9.51. The number of aliphatic carboxylic acids is 1. The zero-order valence-corrected chi connectivity index (χ0v) is 23.5. The van der Waals surface area contributed by atoms with E-state index in [0.29, 0.717) is 6.54 Å². The van der Waals surface area contributed by atoms with Crippen molar-refractivity contribution < 1.29 is 24.5 Å². The highest BCUT2D eigenvalue weighted by molar-refractivity contribution is 5.90. The monoisotopic (exact) mass is 535 g/mol. The topological polar surface area (TPSA) is 95.9 Å². The molecule has 0 fully saturated rings. The summed E-state index contributed by atoms with van der Waals surface area (Å²) in [7, 11) is 0. The Kier molecular flexibility index (Phi) is 10.2. The summed E-state index contributed by atoms with van der Waals surface area (Å²) in [6.07, 6.45) is 11.4. The van der Waals surface area contributed by atoms with Crippen LogP contribution in [0.4, 0.5) is 0 Å². The van der Waals surface area contributed by atoms with Crippen molar-refractivity contribution in [2.75, 3.05) is 13.2 Å². The number of unbranched alkanes of at least 4 members (excludes halogenated alkanes) is 9. The van der Waals surface area contributed by atoms with E-state index in [2.05, 4.69) is 12.2 Å². The minimum atomic E-state index is -1.36. The third-order valence-corrected chi connectivity index (χ3v) is 8.50. The first-order chi connectivity index (χ1) is 18.9. The number of hydrogen-bond donors (Lipinski definition) is 3. The number of nitrogens with one attached hydrogen (secondary N) is 1. The van der Waals surface area contributed by atoms with E-state index in [0.717, 1.165) is 41.5 Å². The quantitative estimate of drug-likeness (QED) is 0.224. The second-order valence-electron chi connectivity index (χ2n) is 11.4. The first kappa shape index (κ1) is 29.3. The molecule has 6 heteroatoms. The van der Waals surface area contributed by atoms with Gasteiger partial charge in [0.15, 0.2) is 0 Å². The van der Waals surface area contributed by atoms with Crippen LogP contribution in [0.25, 0.3) is 0 Å². The molecule has 3 atom stereocenters. The van der Waals surface area contributed by atoms with Crippen molar-refractivity contribution in [3.05, 3.63) is 70.8 Å². The molecule has 0 aromatic heterocycles. The van der Waals surface area contributed by atoms with Crippen molar-refractivity contribution in [1.29, 1.82) is 0 Å². The predicted octanol–water partition coefficient (Wildman–Crippen LogP) is 6.14. The first-order valence-electron chi connectivity index (χ1n) is 14.9. The summed E-state index contributed by atoms with van der Waals surface area (Å²) < 4.78 is 6.43. The number of amides is 1. The van der Waals surface area contributed by atoms with Gasteiger partial charge < -0.3 is 20.3 Å². The maximum atomic E-state index is 13.8. The van der Waals surface area contributed by atoms with Crippen molar-refractivity contribution >= 4 is 11.9 Å². The van der Waals surface area contributed by atoms with Crippen molar-refractivity contribution in [2.45, 2.75) is 95.7 Å². The Morgan fingerprint density at radius 3 is 1.90 bits per heavy atom. The Balaban J connectivity index is 1.49. The van der Waals surface area contributed by atoms with Gasteiger partial charge in [-0.2, -0.15) is 0 Å². The molecule has 3 aliphatic rings. The lowest BCUT2D eigenvalue weighted by Crippen LogP contribution is -2.60. The van der Waals surface area contributed by atoms with E-state index in [1.54, 1.807) is 6.92 Å². The number of benzene rings is 2. The first-order valence-corrected chi connectivity index (χ1v) is 14.9. The number of aliphatic hydroxyl groups is 1. The molecule has 39 heavy (non-hydrogen) atoms. The van der Waals surface area contributed by atoms with E-state index in [-0.39, 0.29) is 18.4 Å². The summed E-state index contributed by atoms with van der Waals surface area (Å²) in [6.45, 7) is 4.36. The van der Waals surface area contributed by atoms with Gasteiger partial charge in [0.05, 0.1) is 18.6 Å². The van der Waals surface area contributed by atoms with Crippen LogP contribution < -0.4 is 5.32 Å². The second-order valence-corrected chi connectivity index (χ2v) is 11.4. The van der Waals surface area contributed by atoms with Gasteiger partial charge in [0.1, 0.15) is 11.5 Å². The summed E-state index contributed by atoms with van der Waals surface area (Å²) in [5.74, 6) is -3.60. The number of ether oxygens (including phenoxy) is 1. The molecule has 3 aliphatic carbocycles. The maximum absolute atomic E-state index is 13.8. The average Bonchev–Trinajstić information content (AvgIpc) is 2.94. The summed E-state index contributed by atoms with van der Waals surface area (Å²) in [6, 6.07) is 15.4. The predicted molar refractivity (Wildman–Crippen MR) is 153 cm³/mol. The molecule has 212 valence electrons. The van der Waals surface area contributed by atoms with Crippen molar-refractivity contribution in [2.24, 2.45) is 11.8 Å². The average molecular weight is 536 g/mol. The van der Waals surface area contributed by atoms with Gasteiger partial charge in [0.25, 0.3) is 0 Å². The van der Waals surface area contributed by atoms with E-state index in [4.69, 9.17) is 4.74 Å². The molecule has 3 unspecified atom stereocenters. The molecule has 0 aliphatic heterocycles. The molecule has 2 bridgehead atoms. The largest absolute Gasteiger partial charge is 0.481 e. The van der Waals surface area contributed by atoms with Gasteiger partial charge in [-0.25, -0.2) is 0 Å². The SMILES string of the molecule is CCCCCCCCCCCCNC(=O)C1C2c3ccccc3C(OCC(C)O)(c3ccccc32)C1C(=O)O. The van der Waals surface area contributed by atoms with E-state index in [1.807, 2.05) is 48.5 Å². The van der Waals surface area contributed by atoms with Gasteiger partial charge >= 0.3 is 5.97 Å². The number of fused-ring (bicyclic) bond motifs is 1. The molecule has 6 nitrogen and oxygen atoms in total. The zero-order chi connectivity index (χ0) is 27.8. The molecule has 3 N–H and O–H groups in total. The van der Waals surface area contributed by atoms with E-state index in [1.165, 1.54) is 44.9 Å². The van der Waals surface area contributed by atoms with Crippen LogP contribution in [-0.4, -0.2) is 41.3 Å². The standard InChI is InChI=1S/C33H45NO5/c1-3-4-5-6-7-8-9-10-11-16-21-34-31(36)29-28-24-17-12-14-19-26(24)33(30(29)32(37)38,39-22-23(2)35)27-20-15-13-18-25(27)28/h12-15,17-20,23,28-30,35H,3-11,16,21-22H2,1-2H3,(H,34,36)(H,37,38). The lowest BCUT2D eigenvalue weighted by molar-refractivity contribution is -0.173. The number of carboxylic acid groups (broad SMARTS) is 1. The molecule has 2 aromatic rings. The van der Waals surface area contributed by atoms with Crippen LogP contribution in [0.3, 0.4) is 0 Å². The fourth-order valence-corrected chi connectivity index (χ4v) is 6.76. The molecule has 0 radical (unpaired) electrons. The second kappa shape index (κ2) is 13.6. The Bertz CT molecular complexity index is 1070. The van der Waals surface area contributed by atoms with Crippen LogP contribution >= 0.6 is 0 Å². The molecular formula is C33H45NO5. The molecule has 0 spiro atoms. The summed E-state index contributed by atoms with van der Waals surface area (Å²) in [5, 5.41) is 23.8. The lowest BCUT2D eigenvalue weighted by Gasteiger charge is -2.55. The van der Waals surface area contributed by atoms with Crippen molar-refractivity contribution in [1.82, 2.24) is 5.32 Å². The van der Waals surface area contributed by atoms with Crippen molar-refractivity contribution in [3.63, 3.8) is 0 Å². The van der Waals surface area contributed by atoms with Gasteiger partial charge in [-0.1, -0.05) is 113 Å². The van der Waals surface area contributed by atoms with Crippen LogP contribution in [-0.2, 0) is 19.9 Å². The van der Waals surface area contributed by atoms with Crippen LogP contribution in [0.15, 0.2) is 48.5 Å². The number of aliphatic hydroxyl groups excluding tert-OH is 1. The summed E-state index contributed by atoms with van der Waals surface area (Å²) >= 11 is 0. The molecule has 1 amide bonds. The third-order valence-electron chi connectivity index (χ3n) is 8.50. The van der Waals surface area contributed by atoms with Gasteiger partial charge in [0, 0.05) is 12.5 Å². The molecule has 2 aromatic carbocycles. The van der Waals surface area contributed by atoms with Gasteiger partial charge in [-0.15, -0.1) is 0 Å². The normalized spacial score (nSPS) is 23.6. The van der Waals surface area contributed by atoms with Gasteiger partial charge in [-0.05, 0) is 35.6 Å². The minimum Gasteiger partial charge on any atom is -0.481 e. The number of carboxylic acids is 1. The minimum absolute atomic E-state index is 0.0376. The highest BCUT2D eigenvalue weighted by atomic mass is 16.5. The Morgan fingerprint density at radius 1 is 0.872 bits per heavy atom. The zero-order valence-electron chi connectivity index (χ0n) is 23.5. The highest BCUT2D eigenvalue weighted by Crippen LogP contribution is 2.62. The number of carbonyl (C=O) groups excluding carboxylic acids is 1. The fourth-order valence-electron chi connectivity index (χ4n) is 6.76. The highest BCUT2D eigenvalue weighted by Gasteiger charge is 2.64. The Morgan fingerprint density at radius 2 is 1.38 bits per heavy atom. The smallest absolute Gasteiger partial charge is 0.311 e. The number of carbonyl (C=O) groups is 2. The Labute approximate surface area is 233 Å². The molecule has 0 saturated heterocycles. The summed E-state index contributed by atoms with van der Waals surface area (Å²) in [4.78, 5) is 26.7. The van der Waals surface area contributed by atoms with Crippen LogP contribution in [0, 0.1) is 11.8 Å². The van der Waals surface area contributed by atoms with E-state index >= 15 is 0 Å². The maximum Gasteiger partial charge on any atom is 0.311 e. The van der Waals surface area contributed by atoms with E-state index in [9.17, 15) is 19.8 Å². The molecule has 0 saturated carbocycles. The van der Waals surface area contributed by atoms with Gasteiger partial charge in [-0.3, -0.25) is 9.59 Å². The van der Waals surface area contributed by atoms with Crippen molar-refractivity contribution in [3.8, 4) is 0 Å². The van der Waals surface area contributed by atoms with Gasteiger partial charge in [0.2, 0.25) is 5.91 Å². The van der Waals surface area contributed by atoms with Crippen LogP contribution in [0.2, 0.25) is 0 Å². The summed E-state index contributed by atoms with van der Waals surface area (Å²) in [5.41, 5.74) is 2.06. The van der Waals surface area contributed by atoms with E-state index < -0.39 is 29.5 Å². The Hall–Kier alpha value is -2.70. The third kappa shape index (κ3) is 6.07. The fraction of sp³-hybridized carbons (Fsp3) is 0.576. The number of rotatable bonds is 16. The molecule has 0 heterocycles.